The molecule has 0 spiro atoms. The van der Waals surface area contributed by atoms with E-state index in [1.807, 2.05) is 18.2 Å². The zero-order valence-corrected chi connectivity index (χ0v) is 15.2. The third-order valence-corrected chi connectivity index (χ3v) is 4.73. The van der Waals surface area contributed by atoms with Crippen molar-refractivity contribution in [3.63, 3.8) is 0 Å². The van der Waals surface area contributed by atoms with Gasteiger partial charge in [-0.05, 0) is 31.0 Å². The minimum Gasteiger partial charge on any atom is -0.337 e. The first-order chi connectivity index (χ1) is 12.8. The Morgan fingerprint density at radius 2 is 1.78 bits per heavy atom. The van der Waals surface area contributed by atoms with Gasteiger partial charge in [-0.3, -0.25) is 9.69 Å². The number of amides is 1. The van der Waals surface area contributed by atoms with Crippen LogP contribution in [0.5, 0.6) is 0 Å². The molecule has 144 valence electrons. The van der Waals surface area contributed by atoms with Crippen molar-refractivity contribution < 1.29 is 18.0 Å². The molecule has 1 aliphatic heterocycles. The highest BCUT2D eigenvalue weighted by Gasteiger charge is 2.33. The normalized spacial score (nSPS) is 16.2. The van der Waals surface area contributed by atoms with E-state index < -0.39 is 11.9 Å². The number of aromatic nitrogens is 1. The summed E-state index contributed by atoms with van der Waals surface area (Å²) in [4.78, 5) is 20.4. The Kier molecular flexibility index (Phi) is 5.79. The molecule has 4 nitrogen and oxygen atoms in total. The molecule has 1 amide bonds. The Morgan fingerprint density at radius 3 is 2.44 bits per heavy atom. The summed E-state index contributed by atoms with van der Waals surface area (Å²) in [5, 5.41) is 0. The molecule has 0 N–H and O–H groups in total. The summed E-state index contributed by atoms with van der Waals surface area (Å²) in [6.45, 7) is 5.01. The predicted molar refractivity (Wildman–Crippen MR) is 96.2 cm³/mol. The van der Waals surface area contributed by atoms with E-state index in [4.69, 9.17) is 0 Å². The van der Waals surface area contributed by atoms with Gasteiger partial charge in [0, 0.05) is 32.7 Å². The van der Waals surface area contributed by atoms with Gasteiger partial charge in [0.1, 0.15) is 5.69 Å². The zero-order chi connectivity index (χ0) is 19.4. The first-order valence-corrected chi connectivity index (χ1v) is 8.95. The van der Waals surface area contributed by atoms with Crippen molar-refractivity contribution in [3.8, 4) is 0 Å². The maximum Gasteiger partial charge on any atom is 0.433 e. The van der Waals surface area contributed by atoms with E-state index in [1.165, 1.54) is 18.6 Å². The fourth-order valence-electron chi connectivity index (χ4n) is 3.29. The number of carbonyl (C=O) groups excluding carboxylic acids is 1. The van der Waals surface area contributed by atoms with Crippen LogP contribution in [-0.2, 0) is 12.7 Å². The molecule has 3 rings (SSSR count). The van der Waals surface area contributed by atoms with Gasteiger partial charge in [-0.2, -0.15) is 13.2 Å². The number of alkyl halides is 3. The Hall–Kier alpha value is -2.41. The summed E-state index contributed by atoms with van der Waals surface area (Å²) < 4.78 is 38.3. The van der Waals surface area contributed by atoms with Crippen LogP contribution < -0.4 is 0 Å². The maximum absolute atomic E-state index is 12.8. The minimum absolute atomic E-state index is 0.111. The standard InChI is InChI=1S/C20H22F3N3O/c1-15-17(8-9-18(24-15)20(21,22)23)19(27)26-11-5-10-25(12-13-26)14-16-6-3-2-4-7-16/h2-4,6-9H,5,10-14H2,1H3. The molecule has 0 saturated carbocycles. The van der Waals surface area contributed by atoms with Crippen molar-refractivity contribution in [2.45, 2.75) is 26.1 Å². The lowest BCUT2D eigenvalue weighted by Gasteiger charge is -2.23. The summed E-state index contributed by atoms with van der Waals surface area (Å²) in [5.41, 5.74) is 0.598. The molecular weight excluding hydrogens is 355 g/mol. The number of carbonyl (C=O) groups is 1. The van der Waals surface area contributed by atoms with Crippen molar-refractivity contribution >= 4 is 5.91 Å². The van der Waals surface area contributed by atoms with E-state index in [9.17, 15) is 18.0 Å². The van der Waals surface area contributed by atoms with Crippen molar-refractivity contribution in [2.75, 3.05) is 26.2 Å². The molecular formula is C20H22F3N3O. The van der Waals surface area contributed by atoms with Crippen LogP contribution in [0.3, 0.4) is 0 Å². The van der Waals surface area contributed by atoms with Gasteiger partial charge >= 0.3 is 6.18 Å². The van der Waals surface area contributed by atoms with E-state index in [2.05, 4.69) is 22.0 Å². The molecule has 0 aliphatic carbocycles. The van der Waals surface area contributed by atoms with Gasteiger partial charge in [-0.1, -0.05) is 30.3 Å². The van der Waals surface area contributed by atoms with Crippen LogP contribution in [0.2, 0.25) is 0 Å². The zero-order valence-electron chi connectivity index (χ0n) is 15.2. The van der Waals surface area contributed by atoms with Gasteiger partial charge in [0.2, 0.25) is 0 Å². The van der Waals surface area contributed by atoms with Gasteiger partial charge in [-0.25, -0.2) is 4.98 Å². The first kappa shape index (κ1) is 19.4. The summed E-state index contributed by atoms with van der Waals surface area (Å²) in [7, 11) is 0. The van der Waals surface area contributed by atoms with Crippen LogP contribution >= 0.6 is 0 Å². The molecule has 0 atom stereocenters. The molecule has 0 bridgehead atoms. The number of pyridine rings is 1. The van der Waals surface area contributed by atoms with Gasteiger partial charge in [0.25, 0.3) is 5.91 Å². The molecule has 7 heteroatoms. The number of hydrogen-bond acceptors (Lipinski definition) is 3. The van der Waals surface area contributed by atoms with Crippen LogP contribution in [-0.4, -0.2) is 46.9 Å². The molecule has 0 radical (unpaired) electrons. The van der Waals surface area contributed by atoms with Crippen molar-refractivity contribution in [1.82, 2.24) is 14.8 Å². The Balaban J connectivity index is 1.66. The fourth-order valence-corrected chi connectivity index (χ4v) is 3.29. The smallest absolute Gasteiger partial charge is 0.337 e. The Morgan fingerprint density at radius 1 is 1.04 bits per heavy atom. The number of aryl methyl sites for hydroxylation is 1. The lowest BCUT2D eigenvalue weighted by atomic mass is 10.1. The second-order valence-electron chi connectivity index (χ2n) is 6.73. The van der Waals surface area contributed by atoms with E-state index in [-0.39, 0.29) is 17.2 Å². The number of nitrogens with zero attached hydrogens (tertiary/aromatic N) is 3. The summed E-state index contributed by atoms with van der Waals surface area (Å²) >= 11 is 0. The van der Waals surface area contributed by atoms with E-state index in [0.717, 1.165) is 32.1 Å². The second kappa shape index (κ2) is 8.08. The number of hydrogen-bond donors (Lipinski definition) is 0. The van der Waals surface area contributed by atoms with Gasteiger partial charge < -0.3 is 4.90 Å². The Bertz CT molecular complexity index is 793. The molecule has 1 aliphatic rings. The third-order valence-electron chi connectivity index (χ3n) is 4.73. The molecule has 1 aromatic heterocycles. The molecule has 2 heterocycles. The van der Waals surface area contributed by atoms with Crippen LogP contribution in [0.4, 0.5) is 13.2 Å². The number of benzene rings is 1. The van der Waals surface area contributed by atoms with Crippen LogP contribution in [0.15, 0.2) is 42.5 Å². The Labute approximate surface area is 156 Å². The van der Waals surface area contributed by atoms with E-state index in [0.29, 0.717) is 13.1 Å². The summed E-state index contributed by atoms with van der Waals surface area (Å²) in [5.74, 6) is -0.254. The van der Waals surface area contributed by atoms with E-state index in [1.54, 1.807) is 4.90 Å². The highest BCUT2D eigenvalue weighted by Crippen LogP contribution is 2.28. The highest BCUT2D eigenvalue weighted by atomic mass is 19.4. The third kappa shape index (κ3) is 4.86. The molecule has 27 heavy (non-hydrogen) atoms. The van der Waals surface area contributed by atoms with Gasteiger partial charge in [-0.15, -0.1) is 0 Å². The van der Waals surface area contributed by atoms with Crippen LogP contribution in [0.1, 0.15) is 33.7 Å². The number of halogens is 3. The molecule has 1 saturated heterocycles. The molecule has 1 aromatic carbocycles. The van der Waals surface area contributed by atoms with Crippen molar-refractivity contribution in [1.29, 1.82) is 0 Å². The highest BCUT2D eigenvalue weighted by molar-refractivity contribution is 5.95. The van der Waals surface area contributed by atoms with Gasteiger partial charge in [0.15, 0.2) is 0 Å². The van der Waals surface area contributed by atoms with Crippen LogP contribution in [0, 0.1) is 6.92 Å². The largest absolute Gasteiger partial charge is 0.433 e. The summed E-state index contributed by atoms with van der Waals surface area (Å²) in [6.07, 6.45) is -3.68. The molecule has 2 aromatic rings. The van der Waals surface area contributed by atoms with Crippen LogP contribution in [0.25, 0.3) is 0 Å². The lowest BCUT2D eigenvalue weighted by Crippen LogP contribution is -2.35. The maximum atomic E-state index is 12.8. The summed E-state index contributed by atoms with van der Waals surface area (Å²) in [6, 6.07) is 12.2. The second-order valence-corrected chi connectivity index (χ2v) is 6.73. The van der Waals surface area contributed by atoms with Crippen molar-refractivity contribution in [3.05, 3.63) is 65.0 Å². The topological polar surface area (TPSA) is 36.4 Å². The fraction of sp³-hybridized carbons (Fsp3) is 0.400. The van der Waals surface area contributed by atoms with Crippen molar-refractivity contribution in [2.24, 2.45) is 0 Å². The predicted octanol–water partition coefficient (Wildman–Crippen LogP) is 3.76. The average Bonchev–Trinajstić information content (AvgIpc) is 2.87. The average molecular weight is 377 g/mol. The quantitative estimate of drug-likeness (QED) is 0.817. The van der Waals surface area contributed by atoms with Gasteiger partial charge in [0.05, 0.1) is 11.3 Å². The molecule has 1 fully saturated rings. The molecule has 0 unspecified atom stereocenters. The lowest BCUT2D eigenvalue weighted by molar-refractivity contribution is -0.141. The van der Waals surface area contributed by atoms with E-state index >= 15 is 0 Å². The minimum atomic E-state index is -4.51. The SMILES string of the molecule is Cc1nc(C(F)(F)F)ccc1C(=O)N1CCCN(Cc2ccccc2)CC1. The monoisotopic (exact) mass is 377 g/mol. The number of rotatable bonds is 3. The first-order valence-electron chi connectivity index (χ1n) is 8.95.